The van der Waals surface area contributed by atoms with E-state index in [1.54, 1.807) is 11.6 Å². The number of nitrogens with zero attached hydrogens (tertiary/aromatic N) is 3. The average Bonchev–Trinajstić information content (AvgIpc) is 3.55. The molecule has 1 aromatic heterocycles. The Hall–Kier alpha value is -3.02. The number of carbonyl (C=O) groups is 2. The quantitative estimate of drug-likeness (QED) is 0.341. The summed E-state index contributed by atoms with van der Waals surface area (Å²) >= 11 is 0. The second-order valence-electron chi connectivity index (χ2n) is 12.8. The van der Waals surface area contributed by atoms with Crippen LogP contribution in [0.2, 0.25) is 0 Å². The van der Waals surface area contributed by atoms with E-state index in [0.717, 1.165) is 51.0 Å². The summed E-state index contributed by atoms with van der Waals surface area (Å²) in [5, 5.41) is 10.5. The first-order valence-corrected chi connectivity index (χ1v) is 15.4. The van der Waals surface area contributed by atoms with E-state index in [0.29, 0.717) is 13.0 Å². The number of carbonyl (C=O) groups excluding carboxylic acids is 2. The predicted octanol–water partition coefficient (Wildman–Crippen LogP) is 5.67. The molecule has 1 aromatic carbocycles. The molecule has 4 unspecified atom stereocenters. The van der Waals surface area contributed by atoms with Crippen molar-refractivity contribution in [3.8, 4) is 11.3 Å². The summed E-state index contributed by atoms with van der Waals surface area (Å²) in [6.07, 6.45) is 1.98. The number of aromatic nitrogens is 2. The molecule has 3 aliphatic carbocycles. The van der Waals surface area contributed by atoms with Crippen molar-refractivity contribution < 1.29 is 31.5 Å². The summed E-state index contributed by atoms with van der Waals surface area (Å²) < 4.78 is 70.9. The zero-order chi connectivity index (χ0) is 30.5. The summed E-state index contributed by atoms with van der Waals surface area (Å²) in [7, 11) is 0. The predicted molar refractivity (Wildman–Crippen MR) is 149 cm³/mol. The first-order chi connectivity index (χ1) is 20.4. The number of amides is 2. The molecule has 0 radical (unpaired) electrons. The van der Waals surface area contributed by atoms with Gasteiger partial charge in [-0.25, -0.2) is 8.78 Å². The highest BCUT2D eigenvalue weighted by Gasteiger charge is 2.71. The van der Waals surface area contributed by atoms with Crippen LogP contribution in [0.5, 0.6) is 0 Å². The highest BCUT2D eigenvalue weighted by Crippen LogP contribution is 2.59. The molecule has 4 aliphatic rings. The minimum absolute atomic E-state index is 0.0162. The molecule has 2 N–H and O–H groups in total. The van der Waals surface area contributed by atoms with Crippen LogP contribution in [-0.2, 0) is 11.0 Å². The molecule has 2 heterocycles. The summed E-state index contributed by atoms with van der Waals surface area (Å²) in [6.45, 7) is 2.75. The second kappa shape index (κ2) is 11.5. The molecule has 43 heavy (non-hydrogen) atoms. The smallest absolute Gasteiger partial charge is 0.353 e. The Bertz CT molecular complexity index is 1340. The average molecular weight is 608 g/mol. The fourth-order valence-corrected chi connectivity index (χ4v) is 6.94. The number of nitrogens with one attached hydrogen (secondary N) is 2. The van der Waals surface area contributed by atoms with E-state index in [-0.39, 0.29) is 48.0 Å². The van der Waals surface area contributed by atoms with Gasteiger partial charge in [-0.3, -0.25) is 14.3 Å². The van der Waals surface area contributed by atoms with E-state index in [9.17, 15) is 31.5 Å². The highest BCUT2D eigenvalue weighted by molar-refractivity contribution is 5.94. The van der Waals surface area contributed by atoms with Crippen molar-refractivity contribution in [1.29, 1.82) is 0 Å². The topological polar surface area (TPSA) is 79.3 Å². The van der Waals surface area contributed by atoms with Gasteiger partial charge in [-0.05, 0) is 50.7 Å². The van der Waals surface area contributed by atoms with Crippen LogP contribution in [0.3, 0.4) is 0 Å². The summed E-state index contributed by atoms with van der Waals surface area (Å²) in [5.74, 6) is -5.23. The minimum atomic E-state index is -4.59. The van der Waals surface area contributed by atoms with Gasteiger partial charge >= 0.3 is 6.18 Å². The molecule has 7 nitrogen and oxygen atoms in total. The third kappa shape index (κ3) is 6.04. The van der Waals surface area contributed by atoms with Crippen LogP contribution in [0.15, 0.2) is 30.3 Å². The number of hydrogen-bond acceptors (Lipinski definition) is 4. The van der Waals surface area contributed by atoms with Crippen molar-refractivity contribution in [2.45, 2.75) is 88.5 Å². The van der Waals surface area contributed by atoms with Gasteiger partial charge in [0.1, 0.15) is 0 Å². The van der Waals surface area contributed by atoms with E-state index >= 15 is 0 Å². The molecule has 12 heteroatoms. The van der Waals surface area contributed by atoms with Gasteiger partial charge in [-0.2, -0.15) is 18.3 Å². The number of alkyl halides is 5. The molecule has 4 fully saturated rings. The molecule has 1 aliphatic heterocycles. The van der Waals surface area contributed by atoms with Crippen LogP contribution < -0.4 is 10.6 Å². The van der Waals surface area contributed by atoms with Gasteiger partial charge in [-0.15, -0.1) is 0 Å². The maximum Gasteiger partial charge on any atom is 0.417 e. The normalized spacial score (nSPS) is 25.2. The minimum Gasteiger partial charge on any atom is -0.353 e. The Morgan fingerprint density at radius 1 is 1.05 bits per heavy atom. The number of likely N-dealkylation sites (tertiary alicyclic amines) is 1. The molecule has 2 amide bonds. The maximum atomic E-state index is 14.0. The molecular formula is C31H38F5N5O2. The molecule has 2 aromatic rings. The number of piperidine rings is 1. The van der Waals surface area contributed by atoms with Crippen LogP contribution in [0.1, 0.15) is 80.4 Å². The lowest BCUT2D eigenvalue weighted by Crippen LogP contribution is -2.50. The summed E-state index contributed by atoms with van der Waals surface area (Å²) in [5.41, 5.74) is -0.621. The number of rotatable bonds is 10. The molecule has 0 spiro atoms. The van der Waals surface area contributed by atoms with E-state index < -0.39 is 47.4 Å². The van der Waals surface area contributed by atoms with Gasteiger partial charge in [0.25, 0.3) is 11.8 Å². The van der Waals surface area contributed by atoms with E-state index in [1.807, 2.05) is 4.90 Å². The van der Waals surface area contributed by atoms with Gasteiger partial charge in [0.15, 0.2) is 5.69 Å². The Labute approximate surface area is 247 Å². The van der Waals surface area contributed by atoms with Crippen LogP contribution in [0.25, 0.3) is 11.3 Å². The van der Waals surface area contributed by atoms with Crippen molar-refractivity contribution in [3.63, 3.8) is 0 Å². The van der Waals surface area contributed by atoms with Crippen molar-refractivity contribution in [3.05, 3.63) is 41.6 Å². The van der Waals surface area contributed by atoms with E-state index in [4.69, 9.17) is 0 Å². The van der Waals surface area contributed by atoms with Gasteiger partial charge in [0.2, 0.25) is 5.91 Å². The Morgan fingerprint density at radius 2 is 1.72 bits per heavy atom. The Kier molecular flexibility index (Phi) is 8.02. The van der Waals surface area contributed by atoms with E-state index in [1.165, 1.54) is 24.3 Å². The molecule has 6 rings (SSSR count). The molecule has 4 atom stereocenters. The largest absolute Gasteiger partial charge is 0.417 e. The van der Waals surface area contributed by atoms with Crippen molar-refractivity contribution in [1.82, 2.24) is 25.3 Å². The molecule has 0 bridgehead atoms. The van der Waals surface area contributed by atoms with Crippen LogP contribution >= 0.6 is 0 Å². The lowest BCUT2D eigenvalue weighted by Gasteiger charge is -2.31. The standard InChI is InChI=1S/C31H38F5N5O2/c1-18(28(42)37-19-7-6-8-19)25(13-14-40-16-23-24(17-40)30(23,32)33)38-29(43)26-15-27(41(39-26)20-9-2-3-10-20)21-11-4-5-12-22(21)31(34,35)36/h4-5,11-12,15,18-20,23-25H,2-3,6-10,13-14,16-17H2,1H3,(H,37,42)(H,38,43). The Balaban J connectivity index is 1.23. The lowest BCUT2D eigenvalue weighted by molar-refractivity contribution is -0.137. The first-order valence-electron chi connectivity index (χ1n) is 15.4. The Morgan fingerprint density at radius 3 is 2.35 bits per heavy atom. The SMILES string of the molecule is CC(C(=O)NC1CCC1)C(CCN1CC2C(C1)C2(F)F)NC(=O)c1cc(-c2ccccc2C(F)(F)F)n(C2CCCC2)n1. The second-order valence-corrected chi connectivity index (χ2v) is 12.8. The van der Waals surface area contributed by atoms with Gasteiger partial charge in [0.05, 0.1) is 23.2 Å². The van der Waals surface area contributed by atoms with Gasteiger partial charge in [0, 0.05) is 49.1 Å². The number of hydrogen-bond donors (Lipinski definition) is 2. The van der Waals surface area contributed by atoms with Crippen LogP contribution in [-0.4, -0.2) is 64.1 Å². The lowest BCUT2D eigenvalue weighted by atomic mass is 9.91. The van der Waals surface area contributed by atoms with Crippen LogP contribution in [0, 0.1) is 17.8 Å². The third-order valence-electron chi connectivity index (χ3n) is 9.96. The van der Waals surface area contributed by atoms with Gasteiger partial charge < -0.3 is 15.5 Å². The van der Waals surface area contributed by atoms with Crippen molar-refractivity contribution >= 4 is 11.8 Å². The number of benzene rings is 1. The summed E-state index contributed by atoms with van der Waals surface area (Å²) in [4.78, 5) is 28.7. The zero-order valence-corrected chi connectivity index (χ0v) is 24.2. The monoisotopic (exact) mass is 607 g/mol. The molecule has 1 saturated heterocycles. The fourth-order valence-electron chi connectivity index (χ4n) is 6.94. The summed E-state index contributed by atoms with van der Waals surface area (Å²) in [6, 6.07) is 6.06. The molecule has 3 saturated carbocycles. The van der Waals surface area contributed by atoms with Crippen LogP contribution in [0.4, 0.5) is 22.0 Å². The molecular weight excluding hydrogens is 569 g/mol. The van der Waals surface area contributed by atoms with E-state index in [2.05, 4.69) is 15.7 Å². The zero-order valence-electron chi connectivity index (χ0n) is 24.2. The van der Waals surface area contributed by atoms with Crippen molar-refractivity contribution in [2.75, 3.05) is 19.6 Å². The number of halogens is 5. The fraction of sp³-hybridized carbons (Fsp3) is 0.645. The van der Waals surface area contributed by atoms with Crippen molar-refractivity contribution in [2.24, 2.45) is 17.8 Å². The van der Waals surface area contributed by atoms with Gasteiger partial charge in [-0.1, -0.05) is 38.0 Å². The third-order valence-corrected chi connectivity index (χ3v) is 9.96. The first kappa shape index (κ1) is 30.0. The number of fused-ring (bicyclic) bond motifs is 1. The highest BCUT2D eigenvalue weighted by atomic mass is 19.4. The maximum absolute atomic E-state index is 14.0. The molecule has 234 valence electrons.